The molecular weight excluding hydrogens is 384 g/mol. The number of aryl methyl sites for hydroxylation is 2. The largest absolute Gasteiger partial charge is 0.368 e. The summed E-state index contributed by atoms with van der Waals surface area (Å²) in [5.74, 6) is 2.45. The molecule has 1 aliphatic carbocycles. The molecule has 8 heteroatoms. The molecular formula is C21H30N6OS. The average molecular weight is 415 g/mol. The molecule has 7 nitrogen and oxygen atoms in total. The first-order valence-corrected chi connectivity index (χ1v) is 11.7. The van der Waals surface area contributed by atoms with Gasteiger partial charge in [-0.2, -0.15) is 0 Å². The molecule has 3 aliphatic rings. The minimum absolute atomic E-state index is 0.293. The number of nitrogens with one attached hydrogen (secondary N) is 1. The van der Waals surface area contributed by atoms with Crippen molar-refractivity contribution in [3.05, 3.63) is 16.3 Å². The smallest absolute Gasteiger partial charge is 0.236 e. The summed E-state index contributed by atoms with van der Waals surface area (Å²) in [4.78, 5) is 29.2. The number of anilines is 1. The number of piperidine rings is 1. The molecule has 156 valence electrons. The highest BCUT2D eigenvalue weighted by molar-refractivity contribution is 7.19. The van der Waals surface area contributed by atoms with E-state index in [9.17, 15) is 4.79 Å². The molecule has 0 aromatic carbocycles. The van der Waals surface area contributed by atoms with Crippen molar-refractivity contribution in [3.8, 4) is 0 Å². The topological polar surface area (TPSA) is 87.4 Å². The van der Waals surface area contributed by atoms with E-state index in [0.29, 0.717) is 6.54 Å². The fourth-order valence-electron chi connectivity index (χ4n) is 4.87. The molecule has 0 saturated carbocycles. The molecule has 4 heterocycles. The molecule has 1 atom stereocenters. The van der Waals surface area contributed by atoms with Crippen molar-refractivity contribution in [2.24, 2.45) is 11.7 Å². The molecule has 3 N–H and O–H groups in total. The molecule has 29 heavy (non-hydrogen) atoms. The number of nitrogens with two attached hydrogens (primary N) is 1. The summed E-state index contributed by atoms with van der Waals surface area (Å²) >= 11 is 1.84. The van der Waals surface area contributed by atoms with E-state index in [0.717, 1.165) is 68.0 Å². The van der Waals surface area contributed by atoms with E-state index >= 15 is 0 Å². The third-order valence-corrected chi connectivity index (χ3v) is 7.84. The van der Waals surface area contributed by atoms with Gasteiger partial charge in [-0.15, -0.1) is 11.3 Å². The lowest BCUT2D eigenvalue weighted by atomic mass is 9.99. The van der Waals surface area contributed by atoms with Gasteiger partial charge in [-0.05, 0) is 56.7 Å². The van der Waals surface area contributed by atoms with Gasteiger partial charge < -0.3 is 16.0 Å². The van der Waals surface area contributed by atoms with Crippen LogP contribution in [0, 0.1) is 5.92 Å². The van der Waals surface area contributed by atoms with Crippen LogP contribution in [0.4, 0.5) is 5.82 Å². The normalized spacial score (nSPS) is 23.6. The van der Waals surface area contributed by atoms with E-state index in [4.69, 9.17) is 15.7 Å². The van der Waals surface area contributed by atoms with Gasteiger partial charge in [0, 0.05) is 24.5 Å². The highest BCUT2D eigenvalue weighted by Crippen LogP contribution is 2.41. The van der Waals surface area contributed by atoms with Crippen LogP contribution in [0.25, 0.3) is 10.2 Å². The number of rotatable bonds is 4. The number of aromatic nitrogens is 2. The quantitative estimate of drug-likeness (QED) is 0.791. The van der Waals surface area contributed by atoms with Crippen molar-refractivity contribution in [3.63, 3.8) is 0 Å². The van der Waals surface area contributed by atoms with Gasteiger partial charge in [0.2, 0.25) is 5.91 Å². The van der Waals surface area contributed by atoms with Gasteiger partial charge in [0.1, 0.15) is 22.5 Å². The standard InChI is InChI=1S/C21H30N6OS/c1-13-5-8-26(9-6-13)12-17-24-20(27-10-7-23-15(11-27)19(22)28)18-14-3-2-4-16(14)29-21(18)25-17/h13,15,23H,2-12H2,1H3,(H2,22,28)/t15-/m1/s1. The number of hydrogen-bond acceptors (Lipinski definition) is 7. The number of piperazine rings is 1. The maximum absolute atomic E-state index is 11.8. The molecule has 0 unspecified atom stereocenters. The lowest BCUT2D eigenvalue weighted by molar-refractivity contribution is -0.120. The Hall–Kier alpha value is -1.77. The number of nitrogens with zero attached hydrogens (tertiary/aromatic N) is 4. The van der Waals surface area contributed by atoms with Crippen LogP contribution in [0.2, 0.25) is 0 Å². The zero-order chi connectivity index (χ0) is 20.0. The van der Waals surface area contributed by atoms with Gasteiger partial charge in [-0.1, -0.05) is 6.92 Å². The zero-order valence-corrected chi connectivity index (χ0v) is 17.9. The molecule has 0 spiro atoms. The summed E-state index contributed by atoms with van der Waals surface area (Å²) in [5, 5.41) is 4.46. The van der Waals surface area contributed by atoms with E-state index < -0.39 is 0 Å². The molecule has 2 fully saturated rings. The van der Waals surface area contributed by atoms with E-state index in [2.05, 4.69) is 22.0 Å². The number of amides is 1. The Balaban J connectivity index is 1.50. The number of carbonyl (C=O) groups excluding carboxylic acids is 1. The molecule has 2 aromatic heterocycles. The van der Waals surface area contributed by atoms with Crippen molar-refractivity contribution in [1.29, 1.82) is 0 Å². The van der Waals surface area contributed by atoms with Crippen molar-refractivity contribution in [1.82, 2.24) is 20.2 Å². The Bertz CT molecular complexity index is 920. The average Bonchev–Trinajstić information content (AvgIpc) is 3.30. The highest BCUT2D eigenvalue weighted by Gasteiger charge is 2.29. The van der Waals surface area contributed by atoms with Gasteiger partial charge in [-0.3, -0.25) is 9.69 Å². The lowest BCUT2D eigenvalue weighted by Crippen LogP contribution is -2.56. The van der Waals surface area contributed by atoms with Crippen LogP contribution in [0.5, 0.6) is 0 Å². The Kier molecular flexibility index (Phi) is 5.17. The fraction of sp³-hybridized carbons (Fsp3) is 0.667. The highest BCUT2D eigenvalue weighted by atomic mass is 32.1. The Morgan fingerprint density at radius 3 is 2.86 bits per heavy atom. The second-order valence-corrected chi connectivity index (χ2v) is 9.90. The Morgan fingerprint density at radius 1 is 1.24 bits per heavy atom. The van der Waals surface area contributed by atoms with E-state index in [-0.39, 0.29) is 11.9 Å². The van der Waals surface area contributed by atoms with Crippen LogP contribution in [-0.2, 0) is 24.2 Å². The third-order valence-electron chi connectivity index (χ3n) is 6.65. The van der Waals surface area contributed by atoms with Gasteiger partial charge in [-0.25, -0.2) is 9.97 Å². The second kappa shape index (κ2) is 7.81. The molecule has 0 radical (unpaired) electrons. The predicted molar refractivity (Wildman–Crippen MR) is 116 cm³/mol. The molecule has 2 aliphatic heterocycles. The van der Waals surface area contributed by atoms with Crippen molar-refractivity contribution in [2.45, 2.75) is 51.6 Å². The first kappa shape index (κ1) is 19.2. The van der Waals surface area contributed by atoms with Crippen LogP contribution >= 0.6 is 11.3 Å². The monoisotopic (exact) mass is 414 g/mol. The van der Waals surface area contributed by atoms with E-state index in [1.807, 2.05) is 11.3 Å². The van der Waals surface area contributed by atoms with Gasteiger partial charge in [0.05, 0.1) is 11.9 Å². The molecule has 0 bridgehead atoms. The number of primary amides is 1. The molecule has 2 aromatic rings. The number of likely N-dealkylation sites (tertiary alicyclic amines) is 1. The van der Waals surface area contributed by atoms with Crippen LogP contribution in [0.3, 0.4) is 0 Å². The van der Waals surface area contributed by atoms with Crippen LogP contribution in [-0.4, -0.2) is 59.5 Å². The second-order valence-electron chi connectivity index (χ2n) is 8.81. The van der Waals surface area contributed by atoms with Gasteiger partial charge in [0.25, 0.3) is 0 Å². The van der Waals surface area contributed by atoms with E-state index in [1.165, 1.54) is 35.1 Å². The maximum Gasteiger partial charge on any atom is 0.236 e. The van der Waals surface area contributed by atoms with Crippen molar-refractivity contribution < 1.29 is 4.79 Å². The maximum atomic E-state index is 11.8. The predicted octanol–water partition coefficient (Wildman–Crippen LogP) is 1.68. The first-order valence-electron chi connectivity index (χ1n) is 10.9. The van der Waals surface area contributed by atoms with Gasteiger partial charge >= 0.3 is 0 Å². The number of hydrogen-bond donors (Lipinski definition) is 2. The van der Waals surface area contributed by atoms with Crippen LogP contribution in [0.1, 0.15) is 42.5 Å². The lowest BCUT2D eigenvalue weighted by Gasteiger charge is -2.34. The summed E-state index contributed by atoms with van der Waals surface area (Å²) < 4.78 is 0. The van der Waals surface area contributed by atoms with Crippen molar-refractivity contribution >= 4 is 33.3 Å². The van der Waals surface area contributed by atoms with Crippen LogP contribution in [0.15, 0.2) is 0 Å². The third kappa shape index (κ3) is 3.73. The minimum Gasteiger partial charge on any atom is -0.368 e. The minimum atomic E-state index is -0.326. The molecule has 5 rings (SSSR count). The summed E-state index contributed by atoms with van der Waals surface area (Å²) in [5.41, 5.74) is 7.03. The zero-order valence-electron chi connectivity index (χ0n) is 17.1. The Morgan fingerprint density at radius 2 is 2.07 bits per heavy atom. The summed E-state index contributed by atoms with van der Waals surface area (Å²) in [7, 11) is 0. The Labute approximate surface area is 175 Å². The summed E-state index contributed by atoms with van der Waals surface area (Å²) in [6, 6.07) is -0.326. The first-order chi connectivity index (χ1) is 14.1. The molecule has 2 saturated heterocycles. The van der Waals surface area contributed by atoms with E-state index in [1.54, 1.807) is 0 Å². The van der Waals surface area contributed by atoms with Crippen LogP contribution < -0.4 is 16.0 Å². The number of carbonyl (C=O) groups is 1. The number of fused-ring (bicyclic) bond motifs is 3. The summed E-state index contributed by atoms with van der Waals surface area (Å²) in [6.07, 6.45) is 5.98. The van der Waals surface area contributed by atoms with Gasteiger partial charge in [0.15, 0.2) is 0 Å². The number of thiophene rings is 1. The fourth-order valence-corrected chi connectivity index (χ4v) is 6.15. The SMILES string of the molecule is CC1CCN(Cc2nc(N3CCN[C@@H](C(N)=O)C3)c3c4c(sc3n2)CCC4)CC1. The summed E-state index contributed by atoms with van der Waals surface area (Å²) in [6.45, 7) is 7.54. The van der Waals surface area contributed by atoms with Crippen molar-refractivity contribution in [2.75, 3.05) is 37.6 Å². The molecule has 1 amide bonds.